The van der Waals surface area contributed by atoms with Gasteiger partial charge in [-0.25, -0.2) is 8.42 Å². The number of aryl methyl sites for hydroxylation is 1. The van der Waals surface area contributed by atoms with E-state index < -0.39 is 15.4 Å². The summed E-state index contributed by atoms with van der Waals surface area (Å²) in [6, 6.07) is 8.57. The van der Waals surface area contributed by atoms with Crippen molar-refractivity contribution in [2.75, 3.05) is 20.8 Å². The standard InChI is InChI=1S/C25H25NO5S/c1-16-4-6-19(7-5-16)32(28,29)26-13-10-17-14-21(30-2)24(31-3)23-22(17)20(26)15-25(23)11-8-18(27)9-12-25/h4-9,11-12,14,20H,10,13,15H2,1-3H3/t20-/m1/s1. The van der Waals surface area contributed by atoms with Crippen molar-refractivity contribution >= 4 is 15.8 Å². The summed E-state index contributed by atoms with van der Waals surface area (Å²) in [6.45, 7) is 2.31. The molecule has 2 aromatic rings. The molecule has 1 spiro atoms. The zero-order valence-electron chi connectivity index (χ0n) is 18.3. The predicted molar refractivity (Wildman–Crippen MR) is 121 cm³/mol. The quantitative estimate of drug-likeness (QED) is 0.710. The lowest BCUT2D eigenvalue weighted by Gasteiger charge is -2.34. The van der Waals surface area contributed by atoms with Crippen molar-refractivity contribution in [2.24, 2.45) is 0 Å². The highest BCUT2D eigenvalue weighted by Crippen LogP contribution is 2.59. The zero-order chi connectivity index (χ0) is 22.7. The third kappa shape index (κ3) is 2.95. The largest absolute Gasteiger partial charge is 0.493 e. The van der Waals surface area contributed by atoms with E-state index >= 15 is 0 Å². The van der Waals surface area contributed by atoms with Crippen molar-refractivity contribution in [3.8, 4) is 11.5 Å². The molecule has 1 aliphatic heterocycles. The topological polar surface area (TPSA) is 72.9 Å². The Morgan fingerprint density at radius 1 is 1.06 bits per heavy atom. The van der Waals surface area contributed by atoms with Crippen LogP contribution in [-0.4, -0.2) is 39.3 Å². The van der Waals surface area contributed by atoms with Crippen molar-refractivity contribution in [3.05, 3.63) is 76.9 Å². The normalized spacial score (nSPS) is 21.1. The number of hydrogen-bond donors (Lipinski definition) is 0. The molecule has 2 aliphatic carbocycles. The Kier molecular flexibility index (Phi) is 4.80. The third-order valence-electron chi connectivity index (χ3n) is 6.79. The number of ketones is 1. The molecule has 0 saturated heterocycles. The average molecular weight is 452 g/mol. The van der Waals surface area contributed by atoms with Crippen molar-refractivity contribution in [2.45, 2.75) is 36.1 Å². The minimum absolute atomic E-state index is 0.0817. The Morgan fingerprint density at radius 2 is 1.75 bits per heavy atom. The predicted octanol–water partition coefficient (Wildman–Crippen LogP) is 3.64. The van der Waals surface area contributed by atoms with Gasteiger partial charge in [0, 0.05) is 17.5 Å². The van der Waals surface area contributed by atoms with Crippen LogP contribution in [0, 0.1) is 6.92 Å². The van der Waals surface area contributed by atoms with E-state index in [0.717, 1.165) is 22.3 Å². The Hall–Kier alpha value is -2.90. The van der Waals surface area contributed by atoms with Gasteiger partial charge in [0.15, 0.2) is 17.3 Å². The van der Waals surface area contributed by atoms with Crippen LogP contribution in [0.3, 0.4) is 0 Å². The molecule has 0 N–H and O–H groups in total. The second-order valence-electron chi connectivity index (χ2n) is 8.57. The maximum Gasteiger partial charge on any atom is 0.243 e. The SMILES string of the molecule is COc1cc2c3c(c1OC)C1(C=CC(=O)C=C1)C[C@H]3N(S(=O)(=O)c1ccc(C)cc1)CC2. The number of rotatable bonds is 4. The van der Waals surface area contributed by atoms with Gasteiger partial charge in [-0.2, -0.15) is 4.31 Å². The van der Waals surface area contributed by atoms with Gasteiger partial charge in [0.05, 0.1) is 25.2 Å². The van der Waals surface area contributed by atoms with Crippen molar-refractivity contribution in [1.29, 1.82) is 0 Å². The number of allylic oxidation sites excluding steroid dienone is 4. The van der Waals surface area contributed by atoms with Crippen molar-refractivity contribution < 1.29 is 22.7 Å². The summed E-state index contributed by atoms with van der Waals surface area (Å²) in [5, 5.41) is 0. The first-order valence-corrected chi connectivity index (χ1v) is 12.0. The van der Waals surface area contributed by atoms with Gasteiger partial charge in [-0.3, -0.25) is 4.79 Å². The Balaban J connectivity index is 1.71. The van der Waals surface area contributed by atoms with Crippen LogP contribution < -0.4 is 9.47 Å². The number of sulfonamides is 1. The Bertz CT molecular complexity index is 1260. The summed E-state index contributed by atoms with van der Waals surface area (Å²) in [5.41, 5.74) is 3.30. The first-order chi connectivity index (χ1) is 15.3. The lowest BCUT2D eigenvalue weighted by molar-refractivity contribution is -0.110. The van der Waals surface area contributed by atoms with E-state index in [0.29, 0.717) is 35.8 Å². The fraction of sp³-hybridized carbons (Fsp3) is 0.320. The lowest BCUT2D eigenvalue weighted by atomic mass is 9.77. The van der Waals surface area contributed by atoms with Gasteiger partial charge >= 0.3 is 0 Å². The summed E-state index contributed by atoms with van der Waals surface area (Å²) < 4.78 is 40.4. The number of nitrogens with zero attached hydrogens (tertiary/aromatic N) is 1. The number of carbonyl (C=O) groups excluding carboxylic acids is 1. The maximum atomic E-state index is 13.7. The van der Waals surface area contributed by atoms with Gasteiger partial charge in [0.2, 0.25) is 10.0 Å². The summed E-state index contributed by atoms with van der Waals surface area (Å²) in [7, 11) is -0.514. The highest BCUT2D eigenvalue weighted by molar-refractivity contribution is 7.89. The molecule has 5 rings (SSSR count). The first-order valence-electron chi connectivity index (χ1n) is 10.6. The average Bonchev–Trinajstić information content (AvgIpc) is 3.11. The molecule has 0 bridgehead atoms. The van der Waals surface area contributed by atoms with E-state index in [1.807, 2.05) is 37.3 Å². The molecular formula is C25H25NO5S. The number of benzene rings is 2. The van der Waals surface area contributed by atoms with Gasteiger partial charge < -0.3 is 9.47 Å². The molecular weight excluding hydrogens is 426 g/mol. The minimum Gasteiger partial charge on any atom is -0.493 e. The monoisotopic (exact) mass is 451 g/mol. The van der Waals surface area contributed by atoms with Gasteiger partial charge in [-0.05, 0) is 61.2 Å². The summed E-state index contributed by atoms with van der Waals surface area (Å²) >= 11 is 0. The first kappa shape index (κ1) is 21.0. The van der Waals surface area contributed by atoms with Crippen LogP contribution in [0.2, 0.25) is 0 Å². The van der Waals surface area contributed by atoms with Crippen LogP contribution in [0.1, 0.15) is 34.7 Å². The fourth-order valence-corrected chi connectivity index (χ4v) is 6.87. The van der Waals surface area contributed by atoms with Crippen molar-refractivity contribution in [1.82, 2.24) is 4.31 Å². The van der Waals surface area contributed by atoms with E-state index in [1.165, 1.54) is 0 Å². The van der Waals surface area contributed by atoms with Crippen LogP contribution in [0.5, 0.6) is 11.5 Å². The van der Waals surface area contributed by atoms with Crippen LogP contribution in [0.15, 0.2) is 59.5 Å². The van der Waals surface area contributed by atoms with Crippen LogP contribution in [0.4, 0.5) is 0 Å². The Morgan fingerprint density at radius 3 is 2.38 bits per heavy atom. The lowest BCUT2D eigenvalue weighted by Crippen LogP contribution is -2.39. The molecule has 2 aromatic carbocycles. The molecule has 0 fully saturated rings. The van der Waals surface area contributed by atoms with E-state index in [9.17, 15) is 13.2 Å². The summed E-state index contributed by atoms with van der Waals surface area (Å²) in [6.07, 6.45) is 7.95. The highest BCUT2D eigenvalue weighted by Gasteiger charge is 2.51. The molecule has 0 unspecified atom stereocenters. The maximum absolute atomic E-state index is 13.7. The van der Waals surface area contributed by atoms with Gasteiger partial charge in [-0.1, -0.05) is 29.8 Å². The molecule has 166 valence electrons. The molecule has 1 heterocycles. The van der Waals surface area contributed by atoms with Gasteiger partial charge in [0.1, 0.15) is 0 Å². The molecule has 7 heteroatoms. The molecule has 0 aromatic heterocycles. The number of carbonyl (C=O) groups is 1. The number of methoxy groups -OCH3 is 2. The smallest absolute Gasteiger partial charge is 0.243 e. The molecule has 3 aliphatic rings. The van der Waals surface area contributed by atoms with Gasteiger partial charge in [-0.15, -0.1) is 0 Å². The molecule has 0 radical (unpaired) electrons. The molecule has 6 nitrogen and oxygen atoms in total. The summed E-state index contributed by atoms with van der Waals surface area (Å²) in [5.74, 6) is 1.13. The minimum atomic E-state index is -3.70. The fourth-order valence-electron chi connectivity index (χ4n) is 5.28. The highest BCUT2D eigenvalue weighted by atomic mass is 32.2. The molecule has 32 heavy (non-hydrogen) atoms. The summed E-state index contributed by atoms with van der Waals surface area (Å²) in [4.78, 5) is 12.2. The van der Waals surface area contributed by atoms with E-state index in [1.54, 1.807) is 42.8 Å². The number of ether oxygens (including phenoxy) is 2. The Labute approximate surface area is 188 Å². The van der Waals surface area contributed by atoms with Crippen LogP contribution >= 0.6 is 0 Å². The third-order valence-corrected chi connectivity index (χ3v) is 8.71. The van der Waals surface area contributed by atoms with Crippen LogP contribution in [-0.2, 0) is 26.7 Å². The van der Waals surface area contributed by atoms with E-state index in [4.69, 9.17) is 9.47 Å². The molecule has 0 amide bonds. The molecule has 0 saturated carbocycles. The van der Waals surface area contributed by atoms with E-state index in [2.05, 4.69) is 0 Å². The van der Waals surface area contributed by atoms with Crippen LogP contribution in [0.25, 0.3) is 0 Å². The van der Waals surface area contributed by atoms with E-state index in [-0.39, 0.29) is 11.8 Å². The number of hydrogen-bond acceptors (Lipinski definition) is 5. The second kappa shape index (κ2) is 7.32. The molecule has 1 atom stereocenters. The zero-order valence-corrected chi connectivity index (χ0v) is 19.1. The second-order valence-corrected chi connectivity index (χ2v) is 10.5. The van der Waals surface area contributed by atoms with Gasteiger partial charge in [0.25, 0.3) is 0 Å². The van der Waals surface area contributed by atoms with Crippen molar-refractivity contribution in [3.63, 3.8) is 0 Å². The number of fused-ring (bicyclic) bond motifs is 1.